The van der Waals surface area contributed by atoms with Crippen molar-refractivity contribution in [1.29, 1.82) is 0 Å². The highest BCUT2D eigenvalue weighted by Gasteiger charge is 2.18. The van der Waals surface area contributed by atoms with E-state index < -0.39 is 21.6 Å². The number of rotatable bonds is 7. The van der Waals surface area contributed by atoms with Gasteiger partial charge in [-0.15, -0.1) is 0 Å². The van der Waals surface area contributed by atoms with E-state index in [1.54, 1.807) is 44.2 Å². The van der Waals surface area contributed by atoms with Gasteiger partial charge < -0.3 is 9.47 Å². The molecule has 3 rings (SSSR count). The van der Waals surface area contributed by atoms with E-state index in [0.29, 0.717) is 17.1 Å². The third kappa shape index (κ3) is 5.11. The van der Waals surface area contributed by atoms with Crippen LogP contribution >= 0.6 is 0 Å². The number of aromatic amines is 1. The van der Waals surface area contributed by atoms with E-state index >= 15 is 0 Å². The first kappa shape index (κ1) is 22.1. The van der Waals surface area contributed by atoms with Crippen molar-refractivity contribution in [3.05, 3.63) is 82.0 Å². The first-order valence-electron chi connectivity index (χ1n) is 9.22. The first-order valence-corrected chi connectivity index (χ1v) is 10.7. The van der Waals surface area contributed by atoms with E-state index in [9.17, 15) is 18.0 Å². The maximum atomic E-state index is 13.0. The fraction of sp³-hybridized carbons (Fsp3) is 0.143. The molecule has 0 bridgehead atoms. The molecule has 0 spiro atoms. The van der Waals surface area contributed by atoms with Crippen molar-refractivity contribution >= 4 is 22.2 Å². The summed E-state index contributed by atoms with van der Waals surface area (Å²) >= 11 is 0. The quantitative estimate of drug-likeness (QED) is 0.248. The molecule has 3 aromatic rings. The Morgan fingerprint density at radius 2 is 1.77 bits per heavy atom. The molecule has 162 valence electrons. The Labute approximate surface area is 178 Å². The van der Waals surface area contributed by atoms with Gasteiger partial charge in [0.05, 0.1) is 22.8 Å². The molecule has 0 aliphatic rings. The molecular formula is C21H20N2O7S. The van der Waals surface area contributed by atoms with Crippen LogP contribution in [0.3, 0.4) is 0 Å². The van der Waals surface area contributed by atoms with E-state index in [0.717, 1.165) is 0 Å². The molecule has 0 aliphatic heterocycles. The highest BCUT2D eigenvalue weighted by atomic mass is 32.2. The zero-order valence-electron chi connectivity index (χ0n) is 16.7. The molecule has 1 heterocycles. The Morgan fingerprint density at radius 3 is 2.35 bits per heavy atom. The molecule has 31 heavy (non-hydrogen) atoms. The average molecular weight is 444 g/mol. The van der Waals surface area contributed by atoms with Crippen LogP contribution in [0.5, 0.6) is 5.75 Å². The van der Waals surface area contributed by atoms with E-state index in [4.69, 9.17) is 14.0 Å². The van der Waals surface area contributed by atoms with Crippen LogP contribution in [-0.4, -0.2) is 35.3 Å². The fourth-order valence-corrected chi connectivity index (χ4v) is 3.24. The van der Waals surface area contributed by atoms with Crippen LogP contribution in [0.25, 0.3) is 11.8 Å². The summed E-state index contributed by atoms with van der Waals surface area (Å²) < 4.78 is 43.4. The van der Waals surface area contributed by atoms with Crippen LogP contribution in [-0.2, 0) is 19.6 Å². The molecule has 0 fully saturated rings. The second-order valence-electron chi connectivity index (χ2n) is 6.40. The minimum Gasteiger partial charge on any atom is -0.460 e. The summed E-state index contributed by atoms with van der Waals surface area (Å²) in [6.45, 7) is 3.43. The summed E-state index contributed by atoms with van der Waals surface area (Å²) in [6.07, 6.45) is 1.29. The summed E-state index contributed by atoms with van der Waals surface area (Å²) in [6, 6.07) is 13.7. The summed E-state index contributed by atoms with van der Waals surface area (Å²) in [4.78, 5) is 25.0. The summed E-state index contributed by atoms with van der Waals surface area (Å²) in [5.74, 6) is -0.493. The molecule has 0 amide bonds. The molecule has 1 aromatic heterocycles. The predicted octanol–water partition coefficient (Wildman–Crippen LogP) is 2.70. The Hall–Kier alpha value is -3.63. The number of aryl methyl sites for hydroxylation is 1. The minimum atomic E-state index is -4.35. The van der Waals surface area contributed by atoms with Crippen molar-refractivity contribution in [3.63, 3.8) is 0 Å². The highest BCUT2D eigenvalue weighted by molar-refractivity contribution is 7.85. The summed E-state index contributed by atoms with van der Waals surface area (Å²) in [7, 11) is -4.35. The molecule has 0 aliphatic carbocycles. The van der Waals surface area contributed by atoms with Crippen molar-refractivity contribution < 1.29 is 27.2 Å². The first-order chi connectivity index (χ1) is 14.7. The third-order valence-corrected chi connectivity index (χ3v) is 5.10. The Balaban J connectivity index is 2.03. The van der Waals surface area contributed by atoms with E-state index in [1.165, 1.54) is 35.0 Å². The topological polar surface area (TPSA) is 128 Å². The number of aromatic nitrogens is 2. The van der Waals surface area contributed by atoms with Crippen molar-refractivity contribution in [2.75, 3.05) is 6.61 Å². The predicted molar refractivity (Wildman–Crippen MR) is 113 cm³/mol. The maximum absolute atomic E-state index is 13.0. The zero-order chi connectivity index (χ0) is 22.6. The molecule has 0 atom stereocenters. The van der Waals surface area contributed by atoms with Crippen molar-refractivity contribution in [1.82, 2.24) is 9.78 Å². The van der Waals surface area contributed by atoms with E-state index in [2.05, 4.69) is 5.10 Å². The average Bonchev–Trinajstić information content (AvgIpc) is 3.02. The number of esters is 1. The molecule has 9 nitrogen and oxygen atoms in total. The van der Waals surface area contributed by atoms with Crippen LogP contribution in [0, 0.1) is 6.92 Å². The van der Waals surface area contributed by atoms with E-state index in [1.807, 2.05) is 0 Å². The molecule has 0 saturated heterocycles. The summed E-state index contributed by atoms with van der Waals surface area (Å²) in [5.41, 5.74) is 0.456. The molecule has 2 aromatic carbocycles. The van der Waals surface area contributed by atoms with Gasteiger partial charge in [0.15, 0.2) is 0 Å². The number of nitrogens with one attached hydrogen (secondary N) is 1. The number of ether oxygens (including phenoxy) is 2. The van der Waals surface area contributed by atoms with Crippen LogP contribution in [0.1, 0.15) is 18.2 Å². The number of H-pyrrole nitrogens is 1. The lowest BCUT2D eigenvalue weighted by Crippen LogP contribution is -2.18. The molecule has 0 unspecified atom stereocenters. The maximum Gasteiger partial charge on any atom is 0.374 e. The van der Waals surface area contributed by atoms with Crippen LogP contribution < -0.4 is 10.3 Å². The van der Waals surface area contributed by atoms with Gasteiger partial charge in [0.2, 0.25) is 5.76 Å². The van der Waals surface area contributed by atoms with Crippen molar-refractivity contribution in [2.45, 2.75) is 18.7 Å². The standard InChI is InChI=1S/C21H20N2O7S/c1-3-29-21(25)19(30-16-7-5-4-6-8-16)13-18-14(2)22-23(20(18)24)15-9-11-17(12-10-15)31(26,27)28/h4-13,22H,3H2,1-2H3,(H,26,27,28)/b19-13+. The van der Waals surface area contributed by atoms with Gasteiger partial charge in [-0.3, -0.25) is 14.4 Å². The number of para-hydroxylation sites is 1. The van der Waals surface area contributed by atoms with Gasteiger partial charge in [-0.25, -0.2) is 9.48 Å². The Bertz CT molecular complexity index is 1270. The normalized spacial score (nSPS) is 11.9. The molecule has 10 heteroatoms. The van der Waals surface area contributed by atoms with E-state index in [-0.39, 0.29) is 22.8 Å². The minimum absolute atomic E-state index is 0.130. The number of hydrogen-bond acceptors (Lipinski definition) is 6. The van der Waals surface area contributed by atoms with Gasteiger partial charge in [-0.2, -0.15) is 8.42 Å². The monoisotopic (exact) mass is 444 g/mol. The molecule has 0 radical (unpaired) electrons. The second kappa shape index (κ2) is 9.02. The van der Waals surface area contributed by atoms with Crippen molar-refractivity contribution in [3.8, 4) is 11.4 Å². The number of benzene rings is 2. The lowest BCUT2D eigenvalue weighted by atomic mass is 10.2. The fourth-order valence-electron chi connectivity index (χ4n) is 2.76. The van der Waals surface area contributed by atoms with Gasteiger partial charge in [0.25, 0.3) is 15.7 Å². The lowest BCUT2D eigenvalue weighted by Gasteiger charge is -2.09. The zero-order valence-corrected chi connectivity index (χ0v) is 17.5. The number of nitrogens with zero attached hydrogens (tertiary/aromatic N) is 1. The molecule has 2 N–H and O–H groups in total. The SMILES string of the molecule is CCOC(=O)/C(=C\c1c(C)[nH]n(-c2ccc(S(=O)(=O)O)cc2)c1=O)Oc1ccccc1. The third-order valence-electron chi connectivity index (χ3n) is 4.23. The van der Waals surface area contributed by atoms with Gasteiger partial charge >= 0.3 is 5.97 Å². The number of carbonyl (C=O) groups is 1. The smallest absolute Gasteiger partial charge is 0.374 e. The molecular weight excluding hydrogens is 424 g/mol. The highest BCUT2D eigenvalue weighted by Crippen LogP contribution is 2.18. The van der Waals surface area contributed by atoms with Crippen molar-refractivity contribution in [2.24, 2.45) is 0 Å². The van der Waals surface area contributed by atoms with Gasteiger partial charge in [0.1, 0.15) is 5.75 Å². The number of carbonyl (C=O) groups excluding carboxylic acids is 1. The number of hydrogen-bond donors (Lipinski definition) is 2. The van der Waals surface area contributed by atoms with Gasteiger partial charge in [-0.1, -0.05) is 18.2 Å². The van der Waals surface area contributed by atoms with Crippen LogP contribution in [0.4, 0.5) is 0 Å². The largest absolute Gasteiger partial charge is 0.460 e. The second-order valence-corrected chi connectivity index (χ2v) is 7.83. The van der Waals surface area contributed by atoms with Crippen LogP contribution in [0.15, 0.2) is 70.0 Å². The Kier molecular flexibility index (Phi) is 6.42. The van der Waals surface area contributed by atoms with Gasteiger partial charge in [-0.05, 0) is 50.2 Å². The lowest BCUT2D eigenvalue weighted by molar-refractivity contribution is -0.140. The Morgan fingerprint density at radius 1 is 1.13 bits per heavy atom. The van der Waals surface area contributed by atoms with Crippen LogP contribution in [0.2, 0.25) is 0 Å². The molecule has 0 saturated carbocycles. The van der Waals surface area contributed by atoms with Gasteiger partial charge in [0, 0.05) is 11.8 Å². The summed E-state index contributed by atoms with van der Waals surface area (Å²) in [5, 5.41) is 2.87.